The van der Waals surface area contributed by atoms with Gasteiger partial charge in [0.25, 0.3) is 5.91 Å². The molecule has 0 bridgehead atoms. The zero-order valence-electron chi connectivity index (χ0n) is 21.6. The highest BCUT2D eigenvalue weighted by atomic mass is 35.5. The van der Waals surface area contributed by atoms with Gasteiger partial charge in [-0.2, -0.15) is 0 Å². The number of anilines is 1. The molecule has 2 aromatic carbocycles. The van der Waals surface area contributed by atoms with Gasteiger partial charge in [0, 0.05) is 24.7 Å². The van der Waals surface area contributed by atoms with Crippen LogP contribution in [-0.4, -0.2) is 92.5 Å². The van der Waals surface area contributed by atoms with E-state index in [9.17, 15) is 39.6 Å². The molecule has 1 heterocycles. The van der Waals surface area contributed by atoms with Gasteiger partial charge >= 0.3 is 17.9 Å². The Hall–Kier alpha value is -3.67. The summed E-state index contributed by atoms with van der Waals surface area (Å²) in [5, 5.41) is 40.4. The summed E-state index contributed by atoms with van der Waals surface area (Å²) in [6.45, 7) is 5.58. The number of nitrogens with zero attached hydrogens (tertiary/aromatic N) is 3. The standard InChI is InChI=1S/C27H32ClN3O8/c1-3-29(4-2)12-13-30-23(21(26(36)37)20(25(34)35)22(32)27(38)39)31(15-16-8-6-5-7-9-16)19-11-10-17(28)14-18(19)24(30)33/h5-11,14,20-23,32H,3-4,12-13,15H2,1-2H3,(H,34,35)(H,36,37)(H,38,39). The second-order valence-electron chi connectivity index (χ2n) is 9.23. The van der Waals surface area contributed by atoms with Crippen LogP contribution in [0.4, 0.5) is 5.69 Å². The Labute approximate surface area is 230 Å². The molecule has 210 valence electrons. The van der Waals surface area contributed by atoms with Crippen molar-refractivity contribution in [3.8, 4) is 0 Å². The summed E-state index contributed by atoms with van der Waals surface area (Å²) in [6, 6.07) is 13.5. The first-order chi connectivity index (χ1) is 18.5. The molecule has 2 aromatic rings. The number of likely N-dealkylation sites (N-methyl/N-ethyl adjacent to an activating group) is 1. The Morgan fingerprint density at radius 3 is 2.13 bits per heavy atom. The number of aliphatic carboxylic acids is 3. The summed E-state index contributed by atoms with van der Waals surface area (Å²) in [4.78, 5) is 55.5. The van der Waals surface area contributed by atoms with Gasteiger partial charge in [0.05, 0.1) is 11.3 Å². The van der Waals surface area contributed by atoms with Crippen LogP contribution in [-0.2, 0) is 20.9 Å². The van der Waals surface area contributed by atoms with Crippen LogP contribution < -0.4 is 4.90 Å². The molecule has 0 aliphatic carbocycles. The summed E-state index contributed by atoms with van der Waals surface area (Å²) in [6.07, 6.45) is -3.98. The summed E-state index contributed by atoms with van der Waals surface area (Å²) in [5.41, 5.74) is 1.25. The zero-order valence-corrected chi connectivity index (χ0v) is 22.4. The highest BCUT2D eigenvalue weighted by Gasteiger charge is 2.53. The van der Waals surface area contributed by atoms with Gasteiger partial charge < -0.3 is 35.1 Å². The minimum Gasteiger partial charge on any atom is -0.481 e. The number of carbonyl (C=O) groups is 4. The first-order valence-electron chi connectivity index (χ1n) is 12.5. The number of hydrogen-bond acceptors (Lipinski definition) is 7. The Balaban J connectivity index is 2.28. The maximum atomic E-state index is 13.9. The molecule has 39 heavy (non-hydrogen) atoms. The van der Waals surface area contributed by atoms with Gasteiger partial charge in [-0.15, -0.1) is 0 Å². The van der Waals surface area contributed by atoms with E-state index < -0.39 is 47.9 Å². The molecule has 12 heteroatoms. The van der Waals surface area contributed by atoms with Crippen molar-refractivity contribution in [1.29, 1.82) is 0 Å². The highest BCUT2D eigenvalue weighted by molar-refractivity contribution is 6.31. The van der Waals surface area contributed by atoms with Crippen molar-refractivity contribution in [2.24, 2.45) is 11.8 Å². The fourth-order valence-corrected chi connectivity index (χ4v) is 5.16. The number of aliphatic hydroxyl groups is 1. The number of hydrogen-bond donors (Lipinski definition) is 4. The SMILES string of the molecule is CCN(CC)CCN1C(=O)c2cc(Cl)ccc2N(Cc2ccccc2)C1C(C(=O)O)C(C(=O)O)C(O)C(=O)O. The fourth-order valence-electron chi connectivity index (χ4n) is 4.99. The van der Waals surface area contributed by atoms with Crippen molar-refractivity contribution in [3.63, 3.8) is 0 Å². The third-order valence-corrected chi connectivity index (χ3v) is 7.25. The average molecular weight is 562 g/mol. The summed E-state index contributed by atoms with van der Waals surface area (Å²) in [7, 11) is 0. The second kappa shape index (κ2) is 12.9. The van der Waals surface area contributed by atoms with E-state index in [2.05, 4.69) is 0 Å². The van der Waals surface area contributed by atoms with Gasteiger partial charge in [-0.1, -0.05) is 55.8 Å². The molecule has 1 aliphatic heterocycles. The van der Waals surface area contributed by atoms with Gasteiger partial charge in [0.2, 0.25) is 0 Å². The van der Waals surface area contributed by atoms with Gasteiger partial charge in [0.15, 0.2) is 6.10 Å². The molecule has 3 rings (SSSR count). The lowest BCUT2D eigenvalue weighted by Gasteiger charge is -2.49. The van der Waals surface area contributed by atoms with Crippen LogP contribution in [0, 0.1) is 11.8 Å². The fraction of sp³-hybridized carbons (Fsp3) is 0.407. The van der Waals surface area contributed by atoms with Crippen molar-refractivity contribution in [1.82, 2.24) is 9.80 Å². The van der Waals surface area contributed by atoms with Gasteiger partial charge in [-0.25, -0.2) is 4.79 Å². The maximum Gasteiger partial charge on any atom is 0.333 e. The van der Waals surface area contributed by atoms with E-state index in [4.69, 9.17) is 11.6 Å². The molecule has 0 fully saturated rings. The molecular formula is C27H32ClN3O8. The Kier molecular flexibility index (Phi) is 9.90. The minimum atomic E-state index is -2.53. The molecule has 0 spiro atoms. The highest BCUT2D eigenvalue weighted by Crippen LogP contribution is 2.39. The first kappa shape index (κ1) is 29.9. The second-order valence-corrected chi connectivity index (χ2v) is 9.66. The van der Waals surface area contributed by atoms with Crippen LogP contribution in [0.2, 0.25) is 5.02 Å². The number of rotatable bonds is 13. The molecule has 0 saturated carbocycles. The predicted molar refractivity (Wildman–Crippen MR) is 143 cm³/mol. The number of fused-ring (bicyclic) bond motifs is 1. The normalized spacial score (nSPS) is 17.5. The lowest BCUT2D eigenvalue weighted by Crippen LogP contribution is -2.64. The van der Waals surface area contributed by atoms with E-state index >= 15 is 0 Å². The third kappa shape index (κ3) is 6.49. The van der Waals surface area contributed by atoms with Crippen LogP contribution in [0.3, 0.4) is 0 Å². The maximum absolute atomic E-state index is 13.9. The number of carboxylic acids is 3. The lowest BCUT2D eigenvalue weighted by atomic mass is 9.82. The summed E-state index contributed by atoms with van der Waals surface area (Å²) < 4.78 is 0. The van der Waals surface area contributed by atoms with E-state index in [1.807, 2.05) is 18.7 Å². The number of aliphatic hydroxyl groups excluding tert-OH is 1. The van der Waals surface area contributed by atoms with Crippen LogP contribution in [0.25, 0.3) is 0 Å². The molecule has 1 amide bonds. The quantitative estimate of drug-likeness (QED) is 0.286. The monoisotopic (exact) mass is 561 g/mol. The predicted octanol–water partition coefficient (Wildman–Crippen LogP) is 2.32. The van der Waals surface area contributed by atoms with E-state index in [0.29, 0.717) is 25.3 Å². The number of carboxylic acid groups (broad SMARTS) is 3. The molecule has 4 atom stereocenters. The van der Waals surface area contributed by atoms with Crippen molar-refractivity contribution < 1.29 is 39.6 Å². The van der Waals surface area contributed by atoms with Crippen LogP contribution >= 0.6 is 11.6 Å². The molecule has 4 unspecified atom stereocenters. The van der Waals surface area contributed by atoms with Crippen molar-refractivity contribution in [3.05, 3.63) is 64.7 Å². The number of benzene rings is 2. The molecule has 0 aromatic heterocycles. The first-order valence-corrected chi connectivity index (χ1v) is 12.9. The summed E-state index contributed by atoms with van der Waals surface area (Å²) in [5.74, 6) is -10.2. The van der Waals surface area contributed by atoms with Crippen LogP contribution in [0.5, 0.6) is 0 Å². The van der Waals surface area contributed by atoms with E-state index in [1.54, 1.807) is 41.3 Å². The van der Waals surface area contributed by atoms with E-state index in [1.165, 1.54) is 17.0 Å². The van der Waals surface area contributed by atoms with Crippen molar-refractivity contribution in [2.45, 2.75) is 32.7 Å². The van der Waals surface area contributed by atoms with E-state index in [-0.39, 0.29) is 23.7 Å². The topological polar surface area (TPSA) is 159 Å². The Morgan fingerprint density at radius 2 is 1.59 bits per heavy atom. The van der Waals surface area contributed by atoms with Crippen LogP contribution in [0.15, 0.2) is 48.5 Å². The van der Waals surface area contributed by atoms with Crippen molar-refractivity contribution in [2.75, 3.05) is 31.1 Å². The number of amides is 1. The molecule has 11 nitrogen and oxygen atoms in total. The Bertz CT molecular complexity index is 1210. The van der Waals surface area contributed by atoms with Gasteiger partial charge in [0.1, 0.15) is 18.0 Å². The van der Waals surface area contributed by atoms with Gasteiger partial charge in [-0.3, -0.25) is 14.4 Å². The molecule has 1 aliphatic rings. The third-order valence-electron chi connectivity index (χ3n) is 7.02. The summed E-state index contributed by atoms with van der Waals surface area (Å²) >= 11 is 6.22. The van der Waals surface area contributed by atoms with E-state index in [0.717, 1.165) is 5.56 Å². The lowest BCUT2D eigenvalue weighted by molar-refractivity contribution is -0.169. The largest absolute Gasteiger partial charge is 0.481 e. The molecule has 4 N–H and O–H groups in total. The molecule has 0 radical (unpaired) electrons. The number of halogens is 1. The smallest absolute Gasteiger partial charge is 0.333 e. The van der Waals surface area contributed by atoms with Crippen molar-refractivity contribution >= 4 is 41.1 Å². The van der Waals surface area contributed by atoms with Crippen LogP contribution in [0.1, 0.15) is 29.8 Å². The van der Waals surface area contributed by atoms with Gasteiger partial charge in [-0.05, 0) is 36.9 Å². The average Bonchev–Trinajstić information content (AvgIpc) is 2.90. The Morgan fingerprint density at radius 1 is 0.949 bits per heavy atom. The number of carbonyl (C=O) groups excluding carboxylic acids is 1. The zero-order chi connectivity index (χ0) is 28.9. The molecule has 0 saturated heterocycles. The molecular weight excluding hydrogens is 530 g/mol. The minimum absolute atomic E-state index is 0.0156.